The quantitative estimate of drug-likeness (QED) is 0.686. The number of nitrogens with one attached hydrogen (secondary N) is 1. The van der Waals surface area contributed by atoms with Gasteiger partial charge in [0.1, 0.15) is 5.72 Å². The number of hydrogen-bond donors (Lipinski definition) is 3. The van der Waals surface area contributed by atoms with Gasteiger partial charge in [-0.05, 0) is 23.5 Å². The highest BCUT2D eigenvalue weighted by Crippen LogP contribution is 2.22. The first-order valence-electron chi connectivity index (χ1n) is 7.85. The fourth-order valence-corrected chi connectivity index (χ4v) is 2.58. The maximum atomic E-state index is 11.9. The second kappa shape index (κ2) is 7.90. The van der Waals surface area contributed by atoms with Gasteiger partial charge in [-0.2, -0.15) is 0 Å². The second-order valence-corrected chi connectivity index (χ2v) is 6.07. The summed E-state index contributed by atoms with van der Waals surface area (Å²) in [6.07, 6.45) is 0.738. The molecule has 0 heterocycles. The van der Waals surface area contributed by atoms with Crippen LogP contribution in [0.3, 0.4) is 0 Å². The lowest BCUT2D eigenvalue weighted by molar-refractivity contribution is -0.120. The Labute approximate surface area is 137 Å². The van der Waals surface area contributed by atoms with E-state index in [1.807, 2.05) is 55.5 Å². The van der Waals surface area contributed by atoms with Gasteiger partial charge in [-0.1, -0.05) is 67.6 Å². The standard InChI is InChI=1S/C19H24N2O2/c1-15(13-19(20,23)17-10-6-3-7-11-17)14-21-18(22)12-16-8-4-2-5-9-16/h2-11,15,23H,12-14,20H2,1H3,(H,21,22)/t15-,19-/m1/s1. The van der Waals surface area contributed by atoms with Crippen molar-refractivity contribution in [3.05, 3.63) is 71.8 Å². The zero-order valence-corrected chi connectivity index (χ0v) is 13.4. The van der Waals surface area contributed by atoms with Crippen LogP contribution in [0, 0.1) is 5.92 Å². The third kappa shape index (κ3) is 5.51. The second-order valence-electron chi connectivity index (χ2n) is 6.07. The number of benzene rings is 2. The van der Waals surface area contributed by atoms with Gasteiger partial charge in [0.15, 0.2) is 0 Å². The molecule has 1 amide bonds. The van der Waals surface area contributed by atoms with Crippen LogP contribution in [0.1, 0.15) is 24.5 Å². The smallest absolute Gasteiger partial charge is 0.224 e. The first-order valence-corrected chi connectivity index (χ1v) is 7.85. The summed E-state index contributed by atoms with van der Waals surface area (Å²) in [5, 5.41) is 13.3. The number of carbonyl (C=O) groups excluding carboxylic acids is 1. The summed E-state index contributed by atoms with van der Waals surface area (Å²) in [6.45, 7) is 2.45. The monoisotopic (exact) mass is 312 g/mol. The van der Waals surface area contributed by atoms with E-state index in [-0.39, 0.29) is 11.8 Å². The molecule has 0 unspecified atom stereocenters. The van der Waals surface area contributed by atoms with Crippen molar-refractivity contribution in [3.8, 4) is 0 Å². The lowest BCUT2D eigenvalue weighted by Crippen LogP contribution is -2.40. The van der Waals surface area contributed by atoms with Crippen molar-refractivity contribution in [3.63, 3.8) is 0 Å². The predicted octanol–water partition coefficient (Wildman–Crippen LogP) is 2.18. The molecule has 0 fully saturated rings. The fraction of sp³-hybridized carbons (Fsp3) is 0.316. The van der Waals surface area contributed by atoms with Crippen molar-refractivity contribution in [2.75, 3.05) is 6.54 Å². The Morgan fingerprint density at radius 2 is 1.70 bits per heavy atom. The van der Waals surface area contributed by atoms with E-state index in [4.69, 9.17) is 5.73 Å². The average Bonchev–Trinajstić information content (AvgIpc) is 2.54. The van der Waals surface area contributed by atoms with Crippen molar-refractivity contribution in [2.24, 2.45) is 11.7 Å². The van der Waals surface area contributed by atoms with E-state index in [2.05, 4.69) is 5.32 Å². The van der Waals surface area contributed by atoms with Crippen LogP contribution in [0.15, 0.2) is 60.7 Å². The molecule has 0 saturated carbocycles. The molecule has 2 aromatic rings. The van der Waals surface area contributed by atoms with Crippen molar-refractivity contribution >= 4 is 5.91 Å². The first kappa shape index (κ1) is 17.2. The van der Waals surface area contributed by atoms with E-state index < -0.39 is 5.72 Å². The molecule has 4 N–H and O–H groups in total. The van der Waals surface area contributed by atoms with Gasteiger partial charge in [0.2, 0.25) is 5.91 Å². The highest BCUT2D eigenvalue weighted by Gasteiger charge is 2.26. The van der Waals surface area contributed by atoms with Crippen LogP contribution in [-0.4, -0.2) is 17.6 Å². The summed E-state index contributed by atoms with van der Waals surface area (Å²) in [6, 6.07) is 18.8. The van der Waals surface area contributed by atoms with Crippen LogP contribution >= 0.6 is 0 Å². The molecule has 0 aliphatic heterocycles. The van der Waals surface area contributed by atoms with Gasteiger partial charge in [-0.25, -0.2) is 0 Å². The minimum absolute atomic E-state index is 0.0247. The zero-order chi connectivity index (χ0) is 16.7. The van der Waals surface area contributed by atoms with Crippen LogP contribution in [0.25, 0.3) is 0 Å². The topological polar surface area (TPSA) is 75.4 Å². The molecule has 2 rings (SSSR count). The Balaban J connectivity index is 1.80. The van der Waals surface area contributed by atoms with E-state index in [0.717, 1.165) is 5.56 Å². The zero-order valence-electron chi connectivity index (χ0n) is 13.4. The largest absolute Gasteiger partial charge is 0.372 e. The Bertz CT molecular complexity index is 612. The van der Waals surface area contributed by atoms with Crippen molar-refractivity contribution in [1.29, 1.82) is 0 Å². The number of nitrogens with two attached hydrogens (primary N) is 1. The number of rotatable bonds is 7. The molecule has 0 radical (unpaired) electrons. The average molecular weight is 312 g/mol. The molecule has 0 aromatic heterocycles. The Kier molecular flexibility index (Phi) is 5.90. The third-order valence-corrected chi connectivity index (χ3v) is 3.79. The molecule has 0 saturated heterocycles. The van der Waals surface area contributed by atoms with Gasteiger partial charge < -0.3 is 10.4 Å². The van der Waals surface area contributed by atoms with E-state index in [0.29, 0.717) is 24.9 Å². The van der Waals surface area contributed by atoms with E-state index in [1.54, 1.807) is 12.1 Å². The number of aliphatic hydroxyl groups is 1. The van der Waals surface area contributed by atoms with E-state index >= 15 is 0 Å². The Hall–Kier alpha value is -2.17. The highest BCUT2D eigenvalue weighted by atomic mass is 16.3. The van der Waals surface area contributed by atoms with Crippen molar-refractivity contribution < 1.29 is 9.90 Å². The summed E-state index contributed by atoms with van der Waals surface area (Å²) in [5.74, 6) is 0.0354. The molecular weight excluding hydrogens is 288 g/mol. The van der Waals surface area contributed by atoms with Gasteiger partial charge >= 0.3 is 0 Å². The maximum Gasteiger partial charge on any atom is 0.224 e. The molecule has 0 aliphatic rings. The molecule has 4 heteroatoms. The summed E-state index contributed by atoms with van der Waals surface area (Å²) < 4.78 is 0. The van der Waals surface area contributed by atoms with Crippen molar-refractivity contribution in [1.82, 2.24) is 5.32 Å². The third-order valence-electron chi connectivity index (χ3n) is 3.79. The minimum atomic E-state index is -1.38. The fourth-order valence-electron chi connectivity index (χ4n) is 2.58. The maximum absolute atomic E-state index is 11.9. The molecule has 2 atom stereocenters. The van der Waals surface area contributed by atoms with E-state index in [1.165, 1.54) is 0 Å². The molecule has 4 nitrogen and oxygen atoms in total. The van der Waals surface area contributed by atoms with Crippen LogP contribution in [0.5, 0.6) is 0 Å². The SMILES string of the molecule is C[C@@H](CNC(=O)Cc1ccccc1)C[C@@](N)(O)c1ccccc1. The van der Waals surface area contributed by atoms with Gasteiger partial charge in [-0.3, -0.25) is 10.5 Å². The molecule has 122 valence electrons. The van der Waals surface area contributed by atoms with Crippen LogP contribution in [-0.2, 0) is 16.9 Å². The molecule has 23 heavy (non-hydrogen) atoms. The van der Waals surface area contributed by atoms with Crippen molar-refractivity contribution in [2.45, 2.75) is 25.5 Å². The summed E-state index contributed by atoms with van der Waals surface area (Å²) >= 11 is 0. The number of carbonyl (C=O) groups is 1. The Morgan fingerprint density at radius 3 is 2.30 bits per heavy atom. The summed E-state index contributed by atoms with van der Waals surface area (Å²) in [4.78, 5) is 11.9. The van der Waals surface area contributed by atoms with E-state index in [9.17, 15) is 9.90 Å². The van der Waals surface area contributed by atoms with Gasteiger partial charge in [0.05, 0.1) is 6.42 Å². The predicted molar refractivity (Wildman–Crippen MR) is 91.5 cm³/mol. The normalized spacial score (nSPS) is 14.7. The van der Waals surface area contributed by atoms with Gasteiger partial charge in [0.25, 0.3) is 0 Å². The van der Waals surface area contributed by atoms with Gasteiger partial charge in [-0.15, -0.1) is 0 Å². The van der Waals surface area contributed by atoms with Crippen LogP contribution in [0.2, 0.25) is 0 Å². The molecule has 0 aliphatic carbocycles. The number of hydrogen-bond acceptors (Lipinski definition) is 3. The van der Waals surface area contributed by atoms with Crippen LogP contribution < -0.4 is 11.1 Å². The molecule has 2 aromatic carbocycles. The molecule has 0 spiro atoms. The highest BCUT2D eigenvalue weighted by molar-refractivity contribution is 5.78. The summed E-state index contributed by atoms with van der Waals surface area (Å²) in [7, 11) is 0. The number of amides is 1. The lowest BCUT2D eigenvalue weighted by atomic mass is 9.93. The lowest BCUT2D eigenvalue weighted by Gasteiger charge is -2.27. The summed E-state index contributed by atoms with van der Waals surface area (Å²) in [5.41, 5.74) is 6.29. The molecular formula is C19H24N2O2. The Morgan fingerprint density at radius 1 is 1.13 bits per heavy atom. The first-order chi connectivity index (χ1) is 11.0. The minimum Gasteiger partial charge on any atom is -0.372 e. The van der Waals surface area contributed by atoms with Gasteiger partial charge in [0, 0.05) is 6.54 Å². The molecule has 0 bridgehead atoms. The van der Waals surface area contributed by atoms with Crippen LogP contribution in [0.4, 0.5) is 0 Å².